The molecule has 0 unspecified atom stereocenters. The Balaban J connectivity index is 1.44. The topological polar surface area (TPSA) is 53.8 Å². The normalized spacial score (nSPS) is 18.9. The summed E-state index contributed by atoms with van der Waals surface area (Å²) < 4.78 is 5.80. The van der Waals surface area contributed by atoms with Gasteiger partial charge in [0.05, 0.1) is 0 Å². The van der Waals surface area contributed by atoms with Crippen molar-refractivity contribution in [3.63, 3.8) is 0 Å². The van der Waals surface area contributed by atoms with E-state index in [9.17, 15) is 9.59 Å². The standard InChI is InChI=1S/C20H24N2O3/c1-14-16-8-4-5-9-17(16)25-18(14)20(24)22-12-10-21(11-13-22)19(23)15-6-2-3-7-15/h4-5,8-9,15H,2-3,6-7,10-13H2,1H3. The Hall–Kier alpha value is -2.30. The second-order valence-corrected chi connectivity index (χ2v) is 7.15. The molecule has 0 bridgehead atoms. The molecular weight excluding hydrogens is 316 g/mol. The lowest BCUT2D eigenvalue weighted by Crippen LogP contribution is -2.51. The van der Waals surface area contributed by atoms with Gasteiger partial charge in [-0.25, -0.2) is 0 Å². The minimum absolute atomic E-state index is 0.0679. The molecule has 2 aliphatic rings. The lowest BCUT2D eigenvalue weighted by molar-refractivity contribution is -0.136. The maximum absolute atomic E-state index is 12.9. The number of nitrogens with zero attached hydrogens (tertiary/aromatic N) is 2. The second kappa shape index (κ2) is 6.54. The molecule has 1 aliphatic heterocycles. The third-order valence-corrected chi connectivity index (χ3v) is 5.62. The van der Waals surface area contributed by atoms with Crippen molar-refractivity contribution in [1.82, 2.24) is 9.80 Å². The van der Waals surface area contributed by atoms with Gasteiger partial charge in [-0.05, 0) is 25.8 Å². The van der Waals surface area contributed by atoms with E-state index in [1.54, 1.807) is 0 Å². The largest absolute Gasteiger partial charge is 0.451 e. The number of amides is 2. The van der Waals surface area contributed by atoms with Crippen molar-refractivity contribution >= 4 is 22.8 Å². The molecule has 0 N–H and O–H groups in total. The summed E-state index contributed by atoms with van der Waals surface area (Å²) in [7, 11) is 0. The summed E-state index contributed by atoms with van der Waals surface area (Å²) in [5.41, 5.74) is 1.64. The summed E-state index contributed by atoms with van der Waals surface area (Å²) >= 11 is 0. The van der Waals surface area contributed by atoms with E-state index < -0.39 is 0 Å². The van der Waals surface area contributed by atoms with E-state index in [2.05, 4.69) is 0 Å². The zero-order valence-electron chi connectivity index (χ0n) is 14.7. The van der Waals surface area contributed by atoms with Crippen molar-refractivity contribution in [2.24, 2.45) is 5.92 Å². The molecule has 2 fully saturated rings. The van der Waals surface area contributed by atoms with Gasteiger partial charge in [0.2, 0.25) is 5.91 Å². The van der Waals surface area contributed by atoms with Crippen LogP contribution in [0.5, 0.6) is 0 Å². The summed E-state index contributed by atoms with van der Waals surface area (Å²) in [5.74, 6) is 0.850. The average molecular weight is 340 g/mol. The van der Waals surface area contributed by atoms with Crippen LogP contribution in [0, 0.1) is 12.8 Å². The fraction of sp³-hybridized carbons (Fsp3) is 0.500. The zero-order valence-corrected chi connectivity index (χ0v) is 14.7. The van der Waals surface area contributed by atoms with E-state index in [0.717, 1.165) is 29.4 Å². The molecule has 4 rings (SSSR count). The van der Waals surface area contributed by atoms with Crippen molar-refractivity contribution in [2.45, 2.75) is 32.6 Å². The third kappa shape index (κ3) is 2.92. The SMILES string of the molecule is Cc1c(C(=O)N2CCN(C(=O)C3CCCC3)CC2)oc2ccccc12. The number of benzene rings is 1. The van der Waals surface area contributed by atoms with Crippen LogP contribution in [0.1, 0.15) is 41.8 Å². The molecule has 5 nitrogen and oxygen atoms in total. The zero-order chi connectivity index (χ0) is 17.4. The monoisotopic (exact) mass is 340 g/mol. The molecule has 1 aromatic heterocycles. The van der Waals surface area contributed by atoms with Gasteiger partial charge in [0.15, 0.2) is 5.76 Å². The highest BCUT2D eigenvalue weighted by Gasteiger charge is 2.32. The van der Waals surface area contributed by atoms with Crippen molar-refractivity contribution in [3.05, 3.63) is 35.6 Å². The fourth-order valence-corrected chi connectivity index (χ4v) is 4.08. The highest BCUT2D eigenvalue weighted by atomic mass is 16.3. The number of aryl methyl sites for hydroxylation is 1. The van der Waals surface area contributed by atoms with Gasteiger partial charge in [0.1, 0.15) is 5.58 Å². The molecule has 5 heteroatoms. The van der Waals surface area contributed by atoms with Crippen LogP contribution in [0.25, 0.3) is 11.0 Å². The van der Waals surface area contributed by atoms with Crippen molar-refractivity contribution < 1.29 is 14.0 Å². The summed E-state index contributed by atoms with van der Waals surface area (Å²) in [5, 5.41) is 0.987. The van der Waals surface area contributed by atoms with E-state index in [4.69, 9.17) is 4.42 Å². The van der Waals surface area contributed by atoms with Gasteiger partial charge in [0, 0.05) is 43.0 Å². The van der Waals surface area contributed by atoms with Gasteiger partial charge in [0.25, 0.3) is 5.91 Å². The average Bonchev–Trinajstić information content (AvgIpc) is 3.30. The fourth-order valence-electron chi connectivity index (χ4n) is 4.08. The Kier molecular flexibility index (Phi) is 4.24. The maximum atomic E-state index is 12.9. The van der Waals surface area contributed by atoms with Crippen LogP contribution in [0.3, 0.4) is 0 Å². The van der Waals surface area contributed by atoms with Gasteiger partial charge in [-0.15, -0.1) is 0 Å². The van der Waals surface area contributed by atoms with E-state index in [-0.39, 0.29) is 17.7 Å². The Bertz CT molecular complexity index is 796. The third-order valence-electron chi connectivity index (χ3n) is 5.62. The van der Waals surface area contributed by atoms with Gasteiger partial charge in [-0.3, -0.25) is 9.59 Å². The van der Waals surface area contributed by atoms with Gasteiger partial charge in [-0.1, -0.05) is 31.0 Å². The molecule has 132 valence electrons. The number of hydrogen-bond donors (Lipinski definition) is 0. The molecule has 25 heavy (non-hydrogen) atoms. The predicted octanol–water partition coefficient (Wildman–Crippen LogP) is 3.22. The first kappa shape index (κ1) is 16.2. The molecular formula is C20H24N2O3. The Labute approximate surface area is 147 Å². The minimum Gasteiger partial charge on any atom is -0.451 e. The van der Waals surface area contributed by atoms with Crippen LogP contribution in [-0.4, -0.2) is 47.8 Å². The highest BCUT2D eigenvalue weighted by molar-refractivity contribution is 5.99. The molecule has 2 amide bonds. The highest BCUT2D eigenvalue weighted by Crippen LogP contribution is 2.28. The van der Waals surface area contributed by atoms with Crippen LogP contribution in [-0.2, 0) is 4.79 Å². The Morgan fingerprint density at radius 3 is 2.32 bits per heavy atom. The number of furan rings is 1. The summed E-state index contributed by atoms with van der Waals surface area (Å²) in [6, 6.07) is 7.72. The summed E-state index contributed by atoms with van der Waals surface area (Å²) in [6.45, 7) is 4.33. The number of hydrogen-bond acceptors (Lipinski definition) is 3. The number of carbonyl (C=O) groups excluding carboxylic acids is 2. The number of piperazine rings is 1. The molecule has 1 aromatic carbocycles. The lowest BCUT2D eigenvalue weighted by Gasteiger charge is -2.35. The van der Waals surface area contributed by atoms with Crippen molar-refractivity contribution in [3.8, 4) is 0 Å². The molecule has 0 spiro atoms. The van der Waals surface area contributed by atoms with Gasteiger partial charge >= 0.3 is 0 Å². The van der Waals surface area contributed by atoms with Crippen LogP contribution < -0.4 is 0 Å². The molecule has 1 aliphatic carbocycles. The van der Waals surface area contributed by atoms with E-state index >= 15 is 0 Å². The first-order chi connectivity index (χ1) is 12.1. The molecule has 1 saturated carbocycles. The Morgan fingerprint density at radius 2 is 1.64 bits per heavy atom. The second-order valence-electron chi connectivity index (χ2n) is 7.15. The van der Waals surface area contributed by atoms with E-state index in [1.807, 2.05) is 41.0 Å². The van der Waals surface area contributed by atoms with Gasteiger partial charge in [-0.2, -0.15) is 0 Å². The molecule has 0 atom stereocenters. The van der Waals surface area contributed by atoms with Gasteiger partial charge < -0.3 is 14.2 Å². The number of carbonyl (C=O) groups is 2. The maximum Gasteiger partial charge on any atom is 0.290 e. The first-order valence-corrected chi connectivity index (χ1v) is 9.21. The number of rotatable bonds is 2. The van der Waals surface area contributed by atoms with E-state index in [0.29, 0.717) is 31.9 Å². The number of para-hydroxylation sites is 1. The molecule has 0 radical (unpaired) electrons. The molecule has 2 heterocycles. The van der Waals surface area contributed by atoms with Crippen LogP contribution in [0.4, 0.5) is 0 Å². The van der Waals surface area contributed by atoms with Crippen LogP contribution in [0.15, 0.2) is 28.7 Å². The first-order valence-electron chi connectivity index (χ1n) is 9.21. The molecule has 2 aromatic rings. The molecule has 1 saturated heterocycles. The summed E-state index contributed by atoms with van der Waals surface area (Å²) in [4.78, 5) is 29.1. The van der Waals surface area contributed by atoms with Crippen LogP contribution in [0.2, 0.25) is 0 Å². The smallest absolute Gasteiger partial charge is 0.290 e. The Morgan fingerprint density at radius 1 is 1.00 bits per heavy atom. The predicted molar refractivity (Wildman–Crippen MR) is 95.4 cm³/mol. The summed E-state index contributed by atoms with van der Waals surface area (Å²) in [6.07, 6.45) is 4.38. The van der Waals surface area contributed by atoms with Crippen molar-refractivity contribution in [1.29, 1.82) is 0 Å². The van der Waals surface area contributed by atoms with E-state index in [1.165, 1.54) is 12.8 Å². The quantitative estimate of drug-likeness (QED) is 0.843. The van der Waals surface area contributed by atoms with Crippen molar-refractivity contribution in [2.75, 3.05) is 26.2 Å². The van der Waals surface area contributed by atoms with Crippen LogP contribution >= 0.6 is 0 Å². The number of fused-ring (bicyclic) bond motifs is 1. The minimum atomic E-state index is -0.0679. The lowest BCUT2D eigenvalue weighted by atomic mass is 10.1.